The molecule has 1 aromatic heterocycles. The quantitative estimate of drug-likeness (QED) is 0.718. The first-order valence-electron chi connectivity index (χ1n) is 10.4. The molecule has 1 saturated heterocycles. The summed E-state index contributed by atoms with van der Waals surface area (Å²) in [5, 5.41) is 2.72. The fraction of sp³-hybridized carbons (Fsp3) is 0.500. The van der Waals surface area contributed by atoms with Crippen LogP contribution in [0.4, 0.5) is 0 Å². The van der Waals surface area contributed by atoms with E-state index in [1.165, 1.54) is 0 Å². The largest absolute Gasteiger partial charge is 0.322 e. The van der Waals surface area contributed by atoms with Gasteiger partial charge in [-0.15, -0.1) is 0 Å². The number of sulfone groups is 1. The molecule has 2 aliphatic carbocycles. The van der Waals surface area contributed by atoms with Gasteiger partial charge in [-0.3, -0.25) is 14.6 Å². The maximum atomic E-state index is 13.1. The summed E-state index contributed by atoms with van der Waals surface area (Å²) in [6.45, 7) is 4.24. The van der Waals surface area contributed by atoms with Gasteiger partial charge in [0.05, 0.1) is 16.4 Å². The number of hydrogen-bond acceptors (Lipinski definition) is 5. The highest BCUT2D eigenvalue weighted by Gasteiger charge is 2.50. The molecule has 160 valence electrons. The molecule has 30 heavy (non-hydrogen) atoms. The molecule has 0 bridgehead atoms. The van der Waals surface area contributed by atoms with Crippen molar-refractivity contribution in [3.05, 3.63) is 53.6 Å². The lowest BCUT2D eigenvalue weighted by molar-refractivity contribution is -0.134. The Balaban J connectivity index is 1.48. The smallest absolute Gasteiger partial charge is 0.255 e. The van der Waals surface area contributed by atoms with E-state index in [2.05, 4.69) is 10.3 Å². The summed E-state index contributed by atoms with van der Waals surface area (Å²) in [5.41, 5.74) is 1.47. The van der Waals surface area contributed by atoms with Crippen molar-refractivity contribution in [1.29, 1.82) is 0 Å². The summed E-state index contributed by atoms with van der Waals surface area (Å²) in [7, 11) is -3.04. The van der Waals surface area contributed by atoms with Crippen LogP contribution in [0.25, 0.3) is 0 Å². The molecule has 1 aromatic rings. The number of pyridine rings is 1. The van der Waals surface area contributed by atoms with Crippen LogP contribution in [0, 0.1) is 11.3 Å². The number of likely N-dealkylation sites (tertiary alicyclic amines) is 1. The molecule has 0 aromatic carbocycles. The van der Waals surface area contributed by atoms with Gasteiger partial charge < -0.3 is 10.2 Å². The zero-order valence-corrected chi connectivity index (χ0v) is 18.1. The van der Waals surface area contributed by atoms with Gasteiger partial charge in [-0.2, -0.15) is 0 Å². The summed E-state index contributed by atoms with van der Waals surface area (Å²) < 4.78 is 24.4. The number of aromatic nitrogens is 1. The van der Waals surface area contributed by atoms with E-state index in [9.17, 15) is 18.0 Å². The molecule has 0 spiro atoms. The summed E-state index contributed by atoms with van der Waals surface area (Å²) in [5.74, 6) is -0.0877. The standard InChI is InChI=1S/C22H27N3O4S/c1-22(2)18-7-4-16(24-20(26)15-8-10-23-11-9-15)14-19(18)25(21(22)27)12-3-13-30(28,29)17-5-6-17/h4,8-11,14,17-18H,3,5-7,12-13H2,1-2H3,(H,24,26). The van der Waals surface area contributed by atoms with E-state index >= 15 is 0 Å². The third-order valence-corrected chi connectivity index (χ3v) is 8.60. The number of rotatable bonds is 7. The lowest BCUT2D eigenvalue weighted by atomic mass is 9.76. The number of hydrogen-bond donors (Lipinski definition) is 1. The molecule has 2 fully saturated rings. The van der Waals surface area contributed by atoms with Crippen molar-refractivity contribution in [2.45, 2.75) is 44.8 Å². The van der Waals surface area contributed by atoms with Gasteiger partial charge in [0.25, 0.3) is 5.91 Å². The van der Waals surface area contributed by atoms with Crippen LogP contribution >= 0.6 is 0 Å². The average Bonchev–Trinajstić information content (AvgIpc) is 3.55. The number of carbonyl (C=O) groups is 2. The zero-order valence-electron chi connectivity index (χ0n) is 17.3. The first-order valence-corrected chi connectivity index (χ1v) is 12.1. The molecule has 3 aliphatic rings. The predicted molar refractivity (Wildman–Crippen MR) is 113 cm³/mol. The van der Waals surface area contributed by atoms with Gasteiger partial charge in [-0.1, -0.05) is 19.9 Å². The van der Waals surface area contributed by atoms with Crippen molar-refractivity contribution >= 4 is 21.7 Å². The first kappa shape index (κ1) is 20.8. The second-order valence-corrected chi connectivity index (χ2v) is 11.2. The summed E-state index contributed by atoms with van der Waals surface area (Å²) in [4.78, 5) is 31.2. The average molecular weight is 430 g/mol. The van der Waals surface area contributed by atoms with Crippen LogP contribution in [0.5, 0.6) is 0 Å². The molecule has 2 heterocycles. The fourth-order valence-corrected chi connectivity index (χ4v) is 5.99. The number of allylic oxidation sites excluding steroid dienone is 3. The minimum Gasteiger partial charge on any atom is -0.322 e. The van der Waals surface area contributed by atoms with Gasteiger partial charge in [-0.05, 0) is 43.9 Å². The molecule has 4 rings (SSSR count). The number of nitrogens with zero attached hydrogens (tertiary/aromatic N) is 2. The van der Waals surface area contributed by atoms with Crippen LogP contribution < -0.4 is 5.32 Å². The third kappa shape index (κ3) is 3.93. The van der Waals surface area contributed by atoms with E-state index in [-0.39, 0.29) is 28.7 Å². The molecular formula is C22H27N3O4S. The molecule has 8 heteroatoms. The SMILES string of the molecule is CC1(C)C(=O)N(CCCS(=O)(=O)C2CC2)C2=CC(NC(=O)c3ccncc3)=CCC21. The summed E-state index contributed by atoms with van der Waals surface area (Å²) in [6, 6.07) is 3.28. The van der Waals surface area contributed by atoms with Crippen molar-refractivity contribution in [3.8, 4) is 0 Å². The van der Waals surface area contributed by atoms with Crippen molar-refractivity contribution in [2.24, 2.45) is 11.3 Å². The minimum atomic E-state index is -3.04. The van der Waals surface area contributed by atoms with Gasteiger partial charge in [0, 0.05) is 41.8 Å². The third-order valence-electron chi connectivity index (χ3n) is 6.26. The van der Waals surface area contributed by atoms with Gasteiger partial charge in [0.1, 0.15) is 0 Å². The highest BCUT2D eigenvalue weighted by atomic mass is 32.2. The first-order chi connectivity index (χ1) is 14.2. The zero-order chi connectivity index (χ0) is 21.5. The van der Waals surface area contributed by atoms with Crippen molar-refractivity contribution in [2.75, 3.05) is 12.3 Å². The van der Waals surface area contributed by atoms with Crippen molar-refractivity contribution in [1.82, 2.24) is 15.2 Å². The van der Waals surface area contributed by atoms with Crippen LogP contribution in [0.2, 0.25) is 0 Å². The Morgan fingerprint density at radius 2 is 1.97 bits per heavy atom. The molecule has 1 unspecified atom stereocenters. The fourth-order valence-electron chi connectivity index (χ4n) is 4.27. The molecule has 1 atom stereocenters. The Kier molecular flexibility index (Phi) is 5.30. The molecule has 1 saturated carbocycles. The van der Waals surface area contributed by atoms with Crippen LogP contribution in [0.1, 0.15) is 49.9 Å². The highest BCUT2D eigenvalue weighted by molar-refractivity contribution is 7.92. The van der Waals surface area contributed by atoms with Gasteiger partial charge >= 0.3 is 0 Å². The van der Waals surface area contributed by atoms with Crippen molar-refractivity contribution < 1.29 is 18.0 Å². The Morgan fingerprint density at radius 1 is 1.27 bits per heavy atom. The highest BCUT2D eigenvalue weighted by Crippen LogP contribution is 2.47. The Hall–Kier alpha value is -2.48. The maximum absolute atomic E-state index is 13.1. The molecule has 2 amide bonds. The second-order valence-electron chi connectivity index (χ2n) is 8.81. The van der Waals surface area contributed by atoms with Crippen LogP contribution in [-0.4, -0.2) is 47.7 Å². The second kappa shape index (κ2) is 7.65. The molecule has 1 aliphatic heterocycles. The predicted octanol–water partition coefficient (Wildman–Crippen LogP) is 2.43. The Labute approximate surface area is 177 Å². The van der Waals surface area contributed by atoms with E-state index in [0.29, 0.717) is 30.6 Å². The number of nitrogens with one attached hydrogen (secondary N) is 1. The normalized spacial score (nSPS) is 22.9. The Bertz CT molecular complexity index is 1020. The Morgan fingerprint density at radius 3 is 2.63 bits per heavy atom. The van der Waals surface area contributed by atoms with E-state index < -0.39 is 15.3 Å². The number of carbonyl (C=O) groups excluding carboxylic acids is 2. The van der Waals surface area contributed by atoms with Crippen LogP contribution in [0.15, 0.2) is 48.1 Å². The molecule has 7 nitrogen and oxygen atoms in total. The number of amides is 2. The summed E-state index contributed by atoms with van der Waals surface area (Å²) in [6.07, 6.45) is 9.52. The van der Waals surface area contributed by atoms with Crippen molar-refractivity contribution in [3.63, 3.8) is 0 Å². The van der Waals surface area contributed by atoms with E-state index in [1.807, 2.05) is 26.0 Å². The van der Waals surface area contributed by atoms with Crippen LogP contribution in [-0.2, 0) is 14.6 Å². The van der Waals surface area contributed by atoms with Gasteiger partial charge in [0.2, 0.25) is 5.91 Å². The monoisotopic (exact) mass is 429 g/mol. The maximum Gasteiger partial charge on any atom is 0.255 e. The molecule has 0 radical (unpaired) electrons. The summed E-state index contributed by atoms with van der Waals surface area (Å²) >= 11 is 0. The lowest BCUT2D eigenvalue weighted by Gasteiger charge is -2.26. The molecular weight excluding hydrogens is 402 g/mol. The van der Waals surface area contributed by atoms with Gasteiger partial charge in [-0.25, -0.2) is 8.42 Å². The number of fused-ring (bicyclic) bond motifs is 1. The topological polar surface area (TPSA) is 96.4 Å². The lowest BCUT2D eigenvalue weighted by Crippen LogP contribution is -2.32. The van der Waals surface area contributed by atoms with Crippen LogP contribution in [0.3, 0.4) is 0 Å². The molecule has 1 N–H and O–H groups in total. The van der Waals surface area contributed by atoms with Gasteiger partial charge in [0.15, 0.2) is 9.84 Å². The minimum absolute atomic E-state index is 0.0117. The van der Waals surface area contributed by atoms with E-state index in [0.717, 1.165) is 18.5 Å². The van der Waals surface area contributed by atoms with E-state index in [1.54, 1.807) is 29.4 Å². The van der Waals surface area contributed by atoms with E-state index in [4.69, 9.17) is 0 Å².